The highest BCUT2D eigenvalue weighted by atomic mass is 32.2. The predicted molar refractivity (Wildman–Crippen MR) is 84.3 cm³/mol. The summed E-state index contributed by atoms with van der Waals surface area (Å²) in [5, 5.41) is 10.2. The van der Waals surface area contributed by atoms with Crippen molar-refractivity contribution in [3.8, 4) is 5.75 Å². The maximum absolute atomic E-state index is 12.8. The fraction of sp³-hybridized carbons (Fsp3) is 0.294. The molecule has 0 spiro atoms. The lowest BCUT2D eigenvalue weighted by Gasteiger charge is -2.12. The van der Waals surface area contributed by atoms with Gasteiger partial charge in [-0.3, -0.25) is 0 Å². The zero-order valence-corrected chi connectivity index (χ0v) is 12.8. The molecule has 112 valence electrons. The summed E-state index contributed by atoms with van der Waals surface area (Å²) in [6.07, 6.45) is 0.416. The Morgan fingerprint density at radius 3 is 2.38 bits per heavy atom. The maximum atomic E-state index is 12.8. The molecule has 2 aromatic carbocycles. The topological polar surface area (TPSA) is 29.5 Å². The van der Waals surface area contributed by atoms with Gasteiger partial charge in [0.2, 0.25) is 0 Å². The van der Waals surface area contributed by atoms with Crippen LogP contribution in [-0.2, 0) is 0 Å². The van der Waals surface area contributed by atoms with Gasteiger partial charge < -0.3 is 9.84 Å². The molecule has 2 nitrogen and oxygen atoms in total. The van der Waals surface area contributed by atoms with Crippen molar-refractivity contribution in [2.24, 2.45) is 0 Å². The fourth-order valence-corrected chi connectivity index (χ4v) is 2.68. The first-order valence-corrected chi connectivity index (χ1v) is 7.97. The third-order valence-electron chi connectivity index (χ3n) is 2.96. The van der Waals surface area contributed by atoms with Gasteiger partial charge in [0, 0.05) is 10.6 Å². The molecule has 2 rings (SSSR count). The van der Waals surface area contributed by atoms with E-state index < -0.39 is 6.10 Å². The van der Waals surface area contributed by atoms with Crippen LogP contribution in [0.5, 0.6) is 5.75 Å². The molecule has 0 bridgehead atoms. The van der Waals surface area contributed by atoms with E-state index in [4.69, 9.17) is 4.74 Å². The van der Waals surface area contributed by atoms with Gasteiger partial charge in [-0.15, -0.1) is 11.8 Å². The number of ether oxygens (including phenoxy) is 1. The highest BCUT2D eigenvalue weighted by molar-refractivity contribution is 7.99. The van der Waals surface area contributed by atoms with Crippen molar-refractivity contribution in [3.05, 3.63) is 59.9 Å². The number of hydrogen-bond donors (Lipinski definition) is 1. The molecule has 21 heavy (non-hydrogen) atoms. The van der Waals surface area contributed by atoms with E-state index >= 15 is 0 Å². The second-order valence-corrected chi connectivity index (χ2v) is 5.79. The molecule has 0 aliphatic carbocycles. The summed E-state index contributed by atoms with van der Waals surface area (Å²) >= 11 is 1.50. The largest absolute Gasteiger partial charge is 0.494 e. The predicted octanol–water partition coefficient (Wildman–Crippen LogP) is 4.44. The summed E-state index contributed by atoms with van der Waals surface area (Å²) in [7, 11) is 0. The second kappa shape index (κ2) is 8.05. The molecule has 4 heteroatoms. The summed E-state index contributed by atoms with van der Waals surface area (Å²) in [6, 6.07) is 13.8. The molecule has 1 unspecified atom stereocenters. The van der Waals surface area contributed by atoms with Crippen LogP contribution in [0.2, 0.25) is 0 Å². The molecule has 0 fully saturated rings. The quantitative estimate of drug-likeness (QED) is 0.767. The van der Waals surface area contributed by atoms with Crippen LogP contribution in [0.25, 0.3) is 0 Å². The van der Waals surface area contributed by atoms with Gasteiger partial charge in [0.15, 0.2) is 0 Å². The van der Waals surface area contributed by atoms with Crippen LogP contribution < -0.4 is 4.74 Å². The van der Waals surface area contributed by atoms with E-state index in [0.29, 0.717) is 12.4 Å². The number of rotatable bonds is 7. The van der Waals surface area contributed by atoms with Gasteiger partial charge in [0.1, 0.15) is 11.6 Å². The molecular formula is C17H19FO2S. The van der Waals surface area contributed by atoms with Crippen LogP contribution in [0.1, 0.15) is 25.0 Å². The van der Waals surface area contributed by atoms with Crippen LogP contribution in [0.15, 0.2) is 53.4 Å². The molecule has 0 aliphatic rings. The first-order valence-electron chi connectivity index (χ1n) is 6.98. The first kappa shape index (κ1) is 15.9. The minimum absolute atomic E-state index is 0.248. The number of halogens is 1. The van der Waals surface area contributed by atoms with Crippen molar-refractivity contribution >= 4 is 11.8 Å². The molecule has 1 N–H and O–H groups in total. The lowest BCUT2D eigenvalue weighted by molar-refractivity contribution is 0.204. The van der Waals surface area contributed by atoms with Crippen LogP contribution in [0.4, 0.5) is 4.39 Å². The van der Waals surface area contributed by atoms with Gasteiger partial charge >= 0.3 is 0 Å². The first-order chi connectivity index (χ1) is 10.2. The molecule has 1 atom stereocenters. The molecule has 2 aromatic rings. The van der Waals surface area contributed by atoms with E-state index in [1.165, 1.54) is 23.9 Å². The molecule has 0 amide bonds. The van der Waals surface area contributed by atoms with Crippen LogP contribution in [0.3, 0.4) is 0 Å². The smallest absolute Gasteiger partial charge is 0.123 e. The zero-order chi connectivity index (χ0) is 15.1. The maximum Gasteiger partial charge on any atom is 0.123 e. The van der Waals surface area contributed by atoms with Gasteiger partial charge in [-0.05, 0) is 48.4 Å². The Balaban J connectivity index is 1.87. The van der Waals surface area contributed by atoms with Crippen molar-refractivity contribution in [2.75, 3.05) is 12.4 Å². The van der Waals surface area contributed by atoms with Gasteiger partial charge in [0.25, 0.3) is 0 Å². The Labute approximate surface area is 129 Å². The average molecular weight is 306 g/mol. The van der Waals surface area contributed by atoms with Crippen molar-refractivity contribution in [3.63, 3.8) is 0 Å². The Kier molecular flexibility index (Phi) is 6.08. The summed E-state index contributed by atoms with van der Waals surface area (Å²) in [5.74, 6) is 1.10. The number of aliphatic hydroxyl groups is 1. The van der Waals surface area contributed by atoms with Crippen molar-refractivity contribution < 1.29 is 14.2 Å². The molecule has 0 saturated carbocycles. The number of aliphatic hydroxyl groups excluding tert-OH is 1. The summed E-state index contributed by atoms with van der Waals surface area (Å²) < 4.78 is 18.3. The lowest BCUT2D eigenvalue weighted by atomic mass is 10.1. The van der Waals surface area contributed by atoms with E-state index in [2.05, 4.69) is 6.92 Å². The molecule has 0 radical (unpaired) electrons. The third kappa shape index (κ3) is 5.06. The molecular weight excluding hydrogens is 287 g/mol. The van der Waals surface area contributed by atoms with E-state index in [0.717, 1.165) is 22.6 Å². The van der Waals surface area contributed by atoms with Crippen LogP contribution in [-0.4, -0.2) is 17.5 Å². The van der Waals surface area contributed by atoms with Crippen molar-refractivity contribution in [2.45, 2.75) is 24.3 Å². The fourth-order valence-electron chi connectivity index (χ4n) is 1.81. The molecule has 0 saturated heterocycles. The van der Waals surface area contributed by atoms with E-state index in [9.17, 15) is 9.50 Å². The minimum Gasteiger partial charge on any atom is -0.494 e. The molecule has 0 aliphatic heterocycles. The monoisotopic (exact) mass is 306 g/mol. The standard InChI is InChI=1S/C17H19FO2S/c1-2-11-20-15-7-3-13(4-8-15)17(19)12-21-16-9-5-14(18)6-10-16/h3-10,17,19H,2,11-12H2,1H3. The Bertz CT molecular complexity index is 540. The zero-order valence-electron chi connectivity index (χ0n) is 12.0. The van der Waals surface area contributed by atoms with Crippen LogP contribution in [0, 0.1) is 5.82 Å². The second-order valence-electron chi connectivity index (χ2n) is 4.70. The van der Waals surface area contributed by atoms with E-state index in [-0.39, 0.29) is 5.82 Å². The molecule has 0 aromatic heterocycles. The highest BCUT2D eigenvalue weighted by Gasteiger charge is 2.08. The number of benzene rings is 2. The highest BCUT2D eigenvalue weighted by Crippen LogP contribution is 2.26. The average Bonchev–Trinajstić information content (AvgIpc) is 2.52. The summed E-state index contributed by atoms with van der Waals surface area (Å²) in [4.78, 5) is 0.943. The Hall–Kier alpha value is -1.52. The SMILES string of the molecule is CCCOc1ccc(C(O)CSc2ccc(F)cc2)cc1. The van der Waals surface area contributed by atoms with Crippen molar-refractivity contribution in [1.82, 2.24) is 0 Å². The van der Waals surface area contributed by atoms with Gasteiger partial charge in [-0.1, -0.05) is 19.1 Å². The van der Waals surface area contributed by atoms with Gasteiger partial charge in [-0.25, -0.2) is 4.39 Å². The normalized spacial score (nSPS) is 12.1. The van der Waals surface area contributed by atoms with E-state index in [1.54, 1.807) is 12.1 Å². The summed E-state index contributed by atoms with van der Waals surface area (Å²) in [6.45, 7) is 2.76. The number of hydrogen-bond acceptors (Lipinski definition) is 3. The Morgan fingerprint density at radius 2 is 1.76 bits per heavy atom. The van der Waals surface area contributed by atoms with Gasteiger partial charge in [0.05, 0.1) is 12.7 Å². The van der Waals surface area contributed by atoms with E-state index in [1.807, 2.05) is 24.3 Å². The minimum atomic E-state index is -0.555. The molecule has 0 heterocycles. The third-order valence-corrected chi connectivity index (χ3v) is 4.05. The lowest BCUT2D eigenvalue weighted by Crippen LogP contribution is -2.01. The number of thioether (sulfide) groups is 1. The van der Waals surface area contributed by atoms with Crippen molar-refractivity contribution in [1.29, 1.82) is 0 Å². The summed E-state index contributed by atoms with van der Waals surface area (Å²) in [5.41, 5.74) is 0.855. The van der Waals surface area contributed by atoms with Crippen LogP contribution >= 0.6 is 11.8 Å². The van der Waals surface area contributed by atoms with Gasteiger partial charge in [-0.2, -0.15) is 0 Å². The Morgan fingerprint density at radius 1 is 1.10 bits per heavy atom.